The predicted molar refractivity (Wildman–Crippen MR) is 39.4 cm³/mol. The molecule has 1 rings (SSSR count). The van der Waals surface area contributed by atoms with E-state index in [0.29, 0.717) is 0 Å². The van der Waals surface area contributed by atoms with Crippen LogP contribution in [0.5, 0.6) is 0 Å². The lowest BCUT2D eigenvalue weighted by Gasteiger charge is -1.98. The highest BCUT2D eigenvalue weighted by molar-refractivity contribution is 7.80. The molecule has 3 heteroatoms. The topological polar surface area (TPSA) is 25.8 Å². The Balaban J connectivity index is 2.85. The Labute approximate surface area is 59.8 Å². The van der Waals surface area contributed by atoms with Gasteiger partial charge in [0.25, 0.3) is 0 Å². The van der Waals surface area contributed by atoms with E-state index in [1.54, 1.807) is 18.6 Å². The van der Waals surface area contributed by atoms with Crippen LogP contribution in [0.25, 0.3) is 0 Å². The van der Waals surface area contributed by atoms with Crippen LogP contribution in [0, 0.1) is 0 Å². The number of thiol groups is 1. The van der Waals surface area contributed by atoms with E-state index in [1.807, 2.05) is 6.92 Å². The molecule has 0 amide bonds. The molecule has 0 fully saturated rings. The molecule has 0 N–H and O–H groups in total. The Morgan fingerprint density at radius 2 is 2.33 bits per heavy atom. The van der Waals surface area contributed by atoms with Gasteiger partial charge in [0.05, 0.1) is 5.69 Å². The third-order valence-corrected chi connectivity index (χ3v) is 1.28. The van der Waals surface area contributed by atoms with Gasteiger partial charge in [-0.1, -0.05) is 0 Å². The maximum Gasteiger partial charge on any atom is 0.0711 e. The van der Waals surface area contributed by atoms with Crippen LogP contribution >= 0.6 is 12.6 Å². The van der Waals surface area contributed by atoms with Gasteiger partial charge in [-0.2, -0.15) is 12.6 Å². The van der Waals surface area contributed by atoms with Crippen molar-refractivity contribution in [1.29, 1.82) is 0 Å². The first-order chi connectivity index (χ1) is 4.30. The van der Waals surface area contributed by atoms with Crippen molar-refractivity contribution in [1.82, 2.24) is 9.97 Å². The summed E-state index contributed by atoms with van der Waals surface area (Å²) in [6.45, 7) is 1.97. The third-order valence-electron chi connectivity index (χ3n) is 1.01. The van der Waals surface area contributed by atoms with Gasteiger partial charge < -0.3 is 0 Å². The van der Waals surface area contributed by atoms with E-state index in [-0.39, 0.29) is 5.25 Å². The molecular formula is C6H8N2S. The molecule has 0 bridgehead atoms. The van der Waals surface area contributed by atoms with Crippen molar-refractivity contribution in [3.63, 3.8) is 0 Å². The van der Waals surface area contributed by atoms with E-state index in [9.17, 15) is 0 Å². The number of rotatable bonds is 1. The second kappa shape index (κ2) is 2.82. The molecule has 0 aliphatic carbocycles. The lowest BCUT2D eigenvalue weighted by Crippen LogP contribution is -1.88. The van der Waals surface area contributed by atoms with Gasteiger partial charge in [-0.05, 0) is 6.92 Å². The summed E-state index contributed by atoms with van der Waals surface area (Å²) in [6, 6.07) is 0. The van der Waals surface area contributed by atoms with Crippen LogP contribution < -0.4 is 0 Å². The van der Waals surface area contributed by atoms with Crippen molar-refractivity contribution in [2.24, 2.45) is 0 Å². The van der Waals surface area contributed by atoms with Crippen LogP contribution in [0.2, 0.25) is 0 Å². The fourth-order valence-electron chi connectivity index (χ4n) is 0.526. The molecule has 0 aromatic carbocycles. The van der Waals surface area contributed by atoms with E-state index in [1.165, 1.54) is 0 Å². The van der Waals surface area contributed by atoms with Crippen LogP contribution in [0.3, 0.4) is 0 Å². The minimum absolute atomic E-state index is 0.179. The minimum atomic E-state index is 0.179. The number of aromatic nitrogens is 2. The first kappa shape index (κ1) is 6.55. The standard InChI is InChI=1S/C6H8N2S/c1-5(9)6-4-7-2-3-8-6/h2-5,9H,1H3/t5-/m0/s1. The highest BCUT2D eigenvalue weighted by Gasteiger charge is 1.97. The third kappa shape index (κ3) is 1.68. The lowest BCUT2D eigenvalue weighted by atomic mass is 10.3. The van der Waals surface area contributed by atoms with Crippen molar-refractivity contribution in [3.05, 3.63) is 24.3 Å². The van der Waals surface area contributed by atoms with Gasteiger partial charge in [0, 0.05) is 23.8 Å². The number of nitrogens with zero attached hydrogens (tertiary/aromatic N) is 2. The van der Waals surface area contributed by atoms with Gasteiger partial charge in [-0.25, -0.2) is 0 Å². The molecule has 0 radical (unpaired) electrons. The summed E-state index contributed by atoms with van der Waals surface area (Å²) >= 11 is 4.19. The summed E-state index contributed by atoms with van der Waals surface area (Å²) in [7, 11) is 0. The van der Waals surface area contributed by atoms with Crippen LogP contribution in [0.15, 0.2) is 18.6 Å². The molecule has 0 unspecified atom stereocenters. The molecule has 1 heterocycles. The molecule has 0 saturated carbocycles. The molecule has 1 aromatic rings. The van der Waals surface area contributed by atoms with Crippen LogP contribution in [-0.4, -0.2) is 9.97 Å². The normalized spacial score (nSPS) is 13.1. The van der Waals surface area contributed by atoms with Crippen LogP contribution in [0.4, 0.5) is 0 Å². The van der Waals surface area contributed by atoms with Gasteiger partial charge in [0.15, 0.2) is 0 Å². The Morgan fingerprint density at radius 3 is 2.67 bits per heavy atom. The van der Waals surface area contributed by atoms with Crippen molar-refractivity contribution in [2.45, 2.75) is 12.2 Å². The maximum absolute atomic E-state index is 4.19. The van der Waals surface area contributed by atoms with Crippen molar-refractivity contribution in [2.75, 3.05) is 0 Å². The molecule has 0 aliphatic heterocycles. The fraction of sp³-hybridized carbons (Fsp3) is 0.333. The molecule has 1 atom stereocenters. The predicted octanol–water partition coefficient (Wildman–Crippen LogP) is 1.47. The van der Waals surface area contributed by atoms with E-state index < -0.39 is 0 Å². The molecule has 0 saturated heterocycles. The lowest BCUT2D eigenvalue weighted by molar-refractivity contribution is 0.983. The van der Waals surface area contributed by atoms with Crippen LogP contribution in [-0.2, 0) is 0 Å². The molecular weight excluding hydrogens is 132 g/mol. The Morgan fingerprint density at radius 1 is 1.56 bits per heavy atom. The average molecular weight is 140 g/mol. The first-order valence-corrected chi connectivity index (χ1v) is 3.26. The largest absolute Gasteiger partial charge is 0.261 e. The quantitative estimate of drug-likeness (QED) is 0.598. The molecule has 2 nitrogen and oxygen atoms in total. The Hall–Kier alpha value is -0.570. The highest BCUT2D eigenvalue weighted by atomic mass is 32.1. The summed E-state index contributed by atoms with van der Waals surface area (Å²) in [5, 5.41) is 0.179. The summed E-state index contributed by atoms with van der Waals surface area (Å²) in [5.41, 5.74) is 0.917. The summed E-state index contributed by atoms with van der Waals surface area (Å²) in [6.07, 6.45) is 5.04. The summed E-state index contributed by atoms with van der Waals surface area (Å²) in [4.78, 5) is 7.93. The van der Waals surface area contributed by atoms with Crippen molar-refractivity contribution in [3.8, 4) is 0 Å². The van der Waals surface area contributed by atoms with E-state index in [4.69, 9.17) is 0 Å². The zero-order chi connectivity index (χ0) is 6.69. The van der Waals surface area contributed by atoms with E-state index in [2.05, 4.69) is 22.6 Å². The van der Waals surface area contributed by atoms with Crippen molar-refractivity contribution < 1.29 is 0 Å². The zero-order valence-electron chi connectivity index (χ0n) is 5.15. The molecule has 9 heavy (non-hydrogen) atoms. The number of hydrogen-bond acceptors (Lipinski definition) is 3. The van der Waals surface area contributed by atoms with Crippen molar-refractivity contribution >= 4 is 12.6 Å². The molecule has 48 valence electrons. The zero-order valence-corrected chi connectivity index (χ0v) is 6.05. The van der Waals surface area contributed by atoms with E-state index in [0.717, 1.165) is 5.69 Å². The SMILES string of the molecule is C[C@H](S)c1cnccn1. The van der Waals surface area contributed by atoms with Gasteiger partial charge in [-0.15, -0.1) is 0 Å². The smallest absolute Gasteiger partial charge is 0.0711 e. The molecule has 0 aliphatic rings. The fourth-order valence-corrected chi connectivity index (χ4v) is 0.660. The van der Waals surface area contributed by atoms with Gasteiger partial charge in [-0.3, -0.25) is 9.97 Å². The van der Waals surface area contributed by atoms with E-state index >= 15 is 0 Å². The Kier molecular flexibility index (Phi) is 2.05. The second-order valence-corrected chi connectivity index (χ2v) is 2.58. The second-order valence-electron chi connectivity index (χ2n) is 1.81. The number of hydrogen-bond donors (Lipinski definition) is 1. The Bertz CT molecular complexity index is 174. The monoisotopic (exact) mass is 140 g/mol. The average Bonchev–Trinajstić information content (AvgIpc) is 1.90. The van der Waals surface area contributed by atoms with Gasteiger partial charge >= 0.3 is 0 Å². The highest BCUT2D eigenvalue weighted by Crippen LogP contribution is 2.13. The molecule has 0 spiro atoms. The molecule has 1 aromatic heterocycles. The first-order valence-electron chi connectivity index (χ1n) is 2.74. The van der Waals surface area contributed by atoms with Gasteiger partial charge in [0.1, 0.15) is 0 Å². The minimum Gasteiger partial charge on any atom is -0.261 e. The van der Waals surface area contributed by atoms with Gasteiger partial charge in [0.2, 0.25) is 0 Å². The summed E-state index contributed by atoms with van der Waals surface area (Å²) < 4.78 is 0. The maximum atomic E-state index is 4.19. The summed E-state index contributed by atoms with van der Waals surface area (Å²) in [5.74, 6) is 0. The van der Waals surface area contributed by atoms with Crippen LogP contribution in [0.1, 0.15) is 17.9 Å².